The van der Waals surface area contributed by atoms with Crippen molar-refractivity contribution in [2.45, 2.75) is 31.5 Å². The van der Waals surface area contributed by atoms with Gasteiger partial charge in [-0.3, -0.25) is 0 Å². The lowest BCUT2D eigenvalue weighted by atomic mass is 10.5. The lowest BCUT2D eigenvalue weighted by Crippen LogP contribution is -2.30. The zero-order valence-electron chi connectivity index (χ0n) is 6.05. The molecule has 9 heavy (non-hydrogen) atoms. The third-order valence-electron chi connectivity index (χ3n) is 1.51. The number of carbonyl (C=O) groups excluding carboxylic acids is 1. The Morgan fingerprint density at radius 2 is 2.00 bits per heavy atom. The predicted molar refractivity (Wildman–Crippen MR) is 38.1 cm³/mol. The van der Waals surface area contributed by atoms with Crippen LogP contribution in [0.3, 0.4) is 0 Å². The van der Waals surface area contributed by atoms with E-state index in [0.717, 1.165) is 6.29 Å². The average Bonchev–Trinajstić information content (AvgIpc) is 2.39. The van der Waals surface area contributed by atoms with Crippen molar-refractivity contribution in [3.63, 3.8) is 0 Å². The zero-order chi connectivity index (χ0) is 7.07. The van der Waals surface area contributed by atoms with Crippen LogP contribution in [0.15, 0.2) is 0 Å². The molecular weight excluding hydrogens is 132 g/mol. The summed E-state index contributed by atoms with van der Waals surface area (Å²) < 4.78 is 5.12. The summed E-state index contributed by atoms with van der Waals surface area (Å²) in [5.41, 5.74) is 0.301. The molecule has 0 aliphatic carbocycles. The van der Waals surface area contributed by atoms with Gasteiger partial charge in [0.05, 0.1) is 13.8 Å². The van der Waals surface area contributed by atoms with E-state index in [-0.39, 0.29) is 6.10 Å². The number of aldehydes is 1. The maximum Gasteiger partial charge on any atom is 0.151 e. The van der Waals surface area contributed by atoms with Crippen LogP contribution in [0, 0.1) is 0 Å². The summed E-state index contributed by atoms with van der Waals surface area (Å²) >= 11 is 0. The van der Waals surface area contributed by atoms with Crippen LogP contribution in [0.2, 0.25) is 19.6 Å². The van der Waals surface area contributed by atoms with Crippen molar-refractivity contribution in [2.24, 2.45) is 0 Å². The normalized spacial score (nSPS) is 34.1. The van der Waals surface area contributed by atoms with Crippen molar-refractivity contribution in [3.8, 4) is 0 Å². The van der Waals surface area contributed by atoms with Crippen LogP contribution in [-0.4, -0.2) is 26.2 Å². The second-order valence-electron chi connectivity index (χ2n) is 3.52. The molecule has 0 unspecified atom stereocenters. The van der Waals surface area contributed by atoms with Gasteiger partial charge < -0.3 is 9.53 Å². The molecule has 3 heteroatoms. The maximum atomic E-state index is 10.1. The number of hydrogen-bond acceptors (Lipinski definition) is 2. The van der Waals surface area contributed by atoms with E-state index in [2.05, 4.69) is 19.6 Å². The Morgan fingerprint density at radius 3 is 2.11 bits per heavy atom. The SMILES string of the molecule is C[Si](C)(C)[C@H]1O[C@@H]1C=O. The first kappa shape index (κ1) is 6.96. The van der Waals surface area contributed by atoms with Crippen molar-refractivity contribution >= 4 is 14.4 Å². The number of hydrogen-bond donors (Lipinski definition) is 0. The molecular formula is C6H12O2Si. The highest BCUT2D eigenvalue weighted by Gasteiger charge is 2.47. The van der Waals surface area contributed by atoms with Gasteiger partial charge in [0.2, 0.25) is 0 Å². The van der Waals surface area contributed by atoms with Crippen molar-refractivity contribution in [1.29, 1.82) is 0 Å². The molecule has 0 N–H and O–H groups in total. The lowest BCUT2D eigenvalue weighted by molar-refractivity contribution is -0.108. The van der Waals surface area contributed by atoms with Gasteiger partial charge in [0.25, 0.3) is 0 Å². The van der Waals surface area contributed by atoms with Gasteiger partial charge >= 0.3 is 0 Å². The van der Waals surface area contributed by atoms with Crippen LogP contribution in [0.5, 0.6) is 0 Å². The number of carbonyl (C=O) groups is 1. The third kappa shape index (κ3) is 1.40. The second kappa shape index (κ2) is 1.92. The molecule has 2 nitrogen and oxygen atoms in total. The van der Waals surface area contributed by atoms with Crippen molar-refractivity contribution in [1.82, 2.24) is 0 Å². The first-order chi connectivity index (χ1) is 4.05. The van der Waals surface area contributed by atoms with Gasteiger partial charge in [-0.05, 0) is 0 Å². The fraction of sp³-hybridized carbons (Fsp3) is 0.833. The molecule has 52 valence electrons. The van der Waals surface area contributed by atoms with E-state index in [1.807, 2.05) is 0 Å². The van der Waals surface area contributed by atoms with Gasteiger partial charge in [0, 0.05) is 0 Å². The summed E-state index contributed by atoms with van der Waals surface area (Å²) in [4.78, 5) is 10.1. The van der Waals surface area contributed by atoms with Crippen LogP contribution in [0.25, 0.3) is 0 Å². The molecule has 0 spiro atoms. The van der Waals surface area contributed by atoms with E-state index in [0.29, 0.717) is 5.73 Å². The Kier molecular flexibility index (Phi) is 1.48. The van der Waals surface area contributed by atoms with Crippen LogP contribution >= 0.6 is 0 Å². The van der Waals surface area contributed by atoms with E-state index in [1.54, 1.807) is 0 Å². The average molecular weight is 144 g/mol. The summed E-state index contributed by atoms with van der Waals surface area (Å²) in [5, 5.41) is 0. The fourth-order valence-corrected chi connectivity index (χ4v) is 2.55. The summed E-state index contributed by atoms with van der Waals surface area (Å²) in [6, 6.07) is 0. The van der Waals surface area contributed by atoms with Gasteiger partial charge in [-0.15, -0.1) is 0 Å². The van der Waals surface area contributed by atoms with Crippen molar-refractivity contribution in [3.05, 3.63) is 0 Å². The van der Waals surface area contributed by atoms with Gasteiger partial charge in [0.1, 0.15) is 6.10 Å². The zero-order valence-corrected chi connectivity index (χ0v) is 7.05. The Labute approximate surface area is 56.2 Å². The number of rotatable bonds is 2. The topological polar surface area (TPSA) is 29.6 Å². The van der Waals surface area contributed by atoms with Crippen LogP contribution in [-0.2, 0) is 9.53 Å². The lowest BCUT2D eigenvalue weighted by Gasteiger charge is -2.09. The Bertz CT molecular complexity index is 128. The molecule has 1 rings (SSSR count). The first-order valence-electron chi connectivity index (χ1n) is 3.16. The maximum absolute atomic E-state index is 10.1. The van der Waals surface area contributed by atoms with Gasteiger partial charge in [-0.2, -0.15) is 0 Å². The fourth-order valence-electron chi connectivity index (χ4n) is 0.924. The summed E-state index contributed by atoms with van der Waals surface area (Å²) in [6.07, 6.45) is 0.847. The van der Waals surface area contributed by atoms with Crippen LogP contribution < -0.4 is 0 Å². The molecule has 0 radical (unpaired) electrons. The smallest absolute Gasteiger partial charge is 0.151 e. The molecule has 0 saturated carbocycles. The minimum Gasteiger partial charge on any atom is -0.365 e. The molecule has 1 aliphatic heterocycles. The van der Waals surface area contributed by atoms with Gasteiger partial charge in [-0.1, -0.05) is 19.6 Å². The molecule has 0 aromatic carbocycles. The molecule has 0 aromatic heterocycles. The molecule has 0 amide bonds. The van der Waals surface area contributed by atoms with E-state index in [1.165, 1.54) is 0 Å². The third-order valence-corrected chi connectivity index (χ3v) is 3.68. The van der Waals surface area contributed by atoms with E-state index >= 15 is 0 Å². The molecule has 1 fully saturated rings. The quantitative estimate of drug-likeness (QED) is 0.326. The number of epoxide rings is 1. The van der Waals surface area contributed by atoms with Gasteiger partial charge in [0.15, 0.2) is 6.29 Å². The van der Waals surface area contributed by atoms with Crippen LogP contribution in [0.1, 0.15) is 0 Å². The van der Waals surface area contributed by atoms with E-state index in [4.69, 9.17) is 4.74 Å². The largest absolute Gasteiger partial charge is 0.365 e. The minimum atomic E-state index is -1.16. The first-order valence-corrected chi connectivity index (χ1v) is 6.74. The van der Waals surface area contributed by atoms with Crippen molar-refractivity contribution in [2.75, 3.05) is 0 Å². The monoisotopic (exact) mass is 144 g/mol. The predicted octanol–water partition coefficient (Wildman–Crippen LogP) is 0.830. The summed E-state index contributed by atoms with van der Waals surface area (Å²) in [5.74, 6) is 0. The molecule has 2 atom stereocenters. The highest BCUT2D eigenvalue weighted by Crippen LogP contribution is 2.29. The van der Waals surface area contributed by atoms with Gasteiger partial charge in [-0.25, -0.2) is 0 Å². The summed E-state index contributed by atoms with van der Waals surface area (Å²) in [6.45, 7) is 6.63. The molecule has 0 bridgehead atoms. The number of ether oxygens (including phenoxy) is 1. The molecule has 0 aromatic rings. The Hall–Kier alpha value is -0.153. The molecule has 1 saturated heterocycles. The highest BCUT2D eigenvalue weighted by atomic mass is 28.3. The highest BCUT2D eigenvalue weighted by molar-refractivity contribution is 6.78. The standard InChI is InChI=1S/C6H12O2Si/c1-9(2,3)6-5(4-7)8-6/h4-6H,1-3H3/t5-,6-/m1/s1. The van der Waals surface area contributed by atoms with E-state index < -0.39 is 8.07 Å². The summed E-state index contributed by atoms with van der Waals surface area (Å²) in [7, 11) is -1.16. The van der Waals surface area contributed by atoms with Crippen LogP contribution in [0.4, 0.5) is 0 Å². The Morgan fingerprint density at radius 1 is 1.44 bits per heavy atom. The molecule has 1 aliphatic rings. The second-order valence-corrected chi connectivity index (χ2v) is 8.82. The Balaban J connectivity index is 2.42. The minimum absolute atomic E-state index is 0.0586. The molecule has 1 heterocycles. The van der Waals surface area contributed by atoms with E-state index in [9.17, 15) is 4.79 Å². The van der Waals surface area contributed by atoms with Crippen molar-refractivity contribution < 1.29 is 9.53 Å².